The number of hydrogen-bond donors (Lipinski definition) is 1. The van der Waals surface area contributed by atoms with Crippen LogP contribution in [0, 0.1) is 0 Å². The summed E-state index contributed by atoms with van der Waals surface area (Å²) >= 11 is 0. The number of alkyl halides is 5. The fourth-order valence-corrected chi connectivity index (χ4v) is 7.15. The monoisotopic (exact) mass is 718 g/mol. The molecule has 1 aliphatic heterocycles. The number of benzene rings is 3. The summed E-state index contributed by atoms with van der Waals surface area (Å²) in [5.74, 6) is -1.14. The summed E-state index contributed by atoms with van der Waals surface area (Å²) in [6.07, 6.45) is -4.86. The van der Waals surface area contributed by atoms with Crippen molar-refractivity contribution in [3.8, 4) is 5.75 Å². The summed E-state index contributed by atoms with van der Waals surface area (Å²) in [7, 11) is -7.07. The van der Waals surface area contributed by atoms with Crippen molar-refractivity contribution in [2.24, 2.45) is 0 Å². The van der Waals surface area contributed by atoms with Gasteiger partial charge in [0.15, 0.2) is 19.7 Å². The van der Waals surface area contributed by atoms with Crippen LogP contribution < -0.4 is 15.0 Å². The normalized spacial score (nSPS) is 17.8. The molecular formula is C32H35F5N2O7S2. The molecule has 3 aromatic rings. The van der Waals surface area contributed by atoms with Gasteiger partial charge in [-0.05, 0) is 66.2 Å². The Kier molecular flexibility index (Phi) is 11.7. The Morgan fingerprint density at radius 3 is 2.08 bits per heavy atom. The molecule has 0 bridgehead atoms. The summed E-state index contributed by atoms with van der Waals surface area (Å²) in [5, 5.41) is 2.72. The molecule has 0 unspecified atom stereocenters. The first-order chi connectivity index (χ1) is 22.5. The summed E-state index contributed by atoms with van der Waals surface area (Å²) in [6, 6.07) is 14.3. The van der Waals surface area contributed by atoms with Gasteiger partial charge in [0.2, 0.25) is 0 Å². The Bertz CT molecular complexity index is 1750. The zero-order valence-corrected chi connectivity index (χ0v) is 27.6. The number of carbonyl (C=O) groups is 1. The van der Waals surface area contributed by atoms with Crippen LogP contribution in [0.3, 0.4) is 0 Å². The molecular weight excluding hydrogens is 683 g/mol. The molecule has 1 fully saturated rings. The average Bonchev–Trinajstić information content (AvgIpc) is 3.45. The molecule has 9 nitrogen and oxygen atoms in total. The average molecular weight is 719 g/mol. The number of anilines is 1. The quantitative estimate of drug-likeness (QED) is 0.212. The Morgan fingerprint density at radius 1 is 0.917 bits per heavy atom. The lowest BCUT2D eigenvalue weighted by Crippen LogP contribution is -2.35. The van der Waals surface area contributed by atoms with Crippen molar-refractivity contribution in [2.75, 3.05) is 35.3 Å². The minimum atomic E-state index is -4.51. The molecule has 0 aromatic heterocycles. The highest BCUT2D eigenvalue weighted by Gasteiger charge is 2.35. The number of sulfone groups is 2. The molecule has 0 spiro atoms. The van der Waals surface area contributed by atoms with Crippen molar-refractivity contribution in [3.05, 3.63) is 89.5 Å². The maximum Gasteiger partial charge on any atom is 0.416 e. The molecule has 16 heteroatoms. The van der Waals surface area contributed by atoms with Crippen molar-refractivity contribution in [2.45, 2.75) is 56.1 Å². The lowest BCUT2D eigenvalue weighted by molar-refractivity contribution is -0.137. The number of amides is 1. The molecule has 1 amide bonds. The molecule has 0 radical (unpaired) electrons. The predicted molar refractivity (Wildman–Crippen MR) is 169 cm³/mol. The van der Waals surface area contributed by atoms with Gasteiger partial charge in [0, 0.05) is 23.4 Å². The highest BCUT2D eigenvalue weighted by molar-refractivity contribution is 7.91. The van der Waals surface area contributed by atoms with Crippen LogP contribution in [0.5, 0.6) is 5.75 Å². The molecule has 1 saturated heterocycles. The van der Waals surface area contributed by atoms with Gasteiger partial charge in [-0.1, -0.05) is 26.0 Å². The Labute approximate surface area is 275 Å². The lowest BCUT2D eigenvalue weighted by Gasteiger charge is -2.26. The summed E-state index contributed by atoms with van der Waals surface area (Å²) in [5.41, 5.74) is 0.254. The van der Waals surface area contributed by atoms with E-state index in [1.54, 1.807) is 17.0 Å². The van der Waals surface area contributed by atoms with Crippen molar-refractivity contribution >= 4 is 31.3 Å². The Balaban J connectivity index is 1.50. The van der Waals surface area contributed by atoms with Crippen molar-refractivity contribution in [3.63, 3.8) is 0 Å². The molecule has 1 N–H and O–H groups in total. The largest absolute Gasteiger partial charge is 0.489 e. The fourth-order valence-electron chi connectivity index (χ4n) is 5.25. The number of ether oxygens (including phenoxy) is 2. The number of hydrogen-bond acceptors (Lipinski definition) is 8. The number of rotatable bonds is 14. The third-order valence-electron chi connectivity index (χ3n) is 7.92. The van der Waals surface area contributed by atoms with Crippen LogP contribution in [0.25, 0.3) is 0 Å². The minimum absolute atomic E-state index is 0.0685. The second-order valence-electron chi connectivity index (χ2n) is 11.1. The van der Waals surface area contributed by atoms with Gasteiger partial charge in [-0.25, -0.2) is 16.8 Å². The second kappa shape index (κ2) is 15.2. The van der Waals surface area contributed by atoms with E-state index in [0.29, 0.717) is 11.3 Å². The van der Waals surface area contributed by atoms with Gasteiger partial charge >= 0.3 is 12.8 Å². The molecule has 48 heavy (non-hydrogen) atoms. The van der Waals surface area contributed by atoms with E-state index in [4.69, 9.17) is 4.74 Å². The summed E-state index contributed by atoms with van der Waals surface area (Å²) in [4.78, 5) is 15.1. The predicted octanol–water partition coefficient (Wildman–Crippen LogP) is 5.67. The number of halogens is 5. The van der Waals surface area contributed by atoms with E-state index in [1.165, 1.54) is 62.4 Å². The number of nitrogens with zero attached hydrogens (tertiary/aromatic N) is 1. The highest BCUT2D eigenvalue weighted by atomic mass is 32.2. The topological polar surface area (TPSA) is 119 Å². The zero-order valence-electron chi connectivity index (χ0n) is 26.0. The molecule has 3 atom stereocenters. The number of nitrogens with one attached hydrogen (secondary N) is 1. The van der Waals surface area contributed by atoms with Crippen LogP contribution in [0.2, 0.25) is 0 Å². The van der Waals surface area contributed by atoms with Crippen LogP contribution in [-0.4, -0.2) is 71.9 Å². The fraction of sp³-hybridized carbons (Fsp3) is 0.406. The van der Waals surface area contributed by atoms with Gasteiger partial charge in [0.05, 0.1) is 47.2 Å². The molecule has 4 rings (SSSR count). The van der Waals surface area contributed by atoms with E-state index in [1.807, 2.05) is 0 Å². The minimum Gasteiger partial charge on any atom is -0.489 e. The Hall–Kier alpha value is -3.76. The third-order valence-corrected chi connectivity index (χ3v) is 11.4. The lowest BCUT2D eigenvalue weighted by atomic mass is 10.1. The highest BCUT2D eigenvalue weighted by Crippen LogP contribution is 2.33. The van der Waals surface area contributed by atoms with Crippen LogP contribution in [0.4, 0.5) is 27.6 Å². The molecule has 3 aromatic carbocycles. The summed E-state index contributed by atoms with van der Waals surface area (Å²) in [6.45, 7) is -0.226. The number of carbonyl (C=O) groups excluding carboxylic acids is 1. The van der Waals surface area contributed by atoms with Crippen LogP contribution >= 0.6 is 0 Å². The molecule has 262 valence electrons. The van der Waals surface area contributed by atoms with Gasteiger partial charge in [0.25, 0.3) is 5.91 Å². The van der Waals surface area contributed by atoms with Gasteiger partial charge < -0.3 is 19.7 Å². The third kappa shape index (κ3) is 9.66. The molecule has 1 heterocycles. The van der Waals surface area contributed by atoms with Crippen LogP contribution in [0.15, 0.2) is 77.7 Å². The van der Waals surface area contributed by atoms with Crippen molar-refractivity contribution in [1.82, 2.24) is 5.32 Å². The smallest absolute Gasteiger partial charge is 0.416 e. The second-order valence-corrected chi connectivity index (χ2v) is 15.8. The van der Waals surface area contributed by atoms with Crippen LogP contribution in [-0.2, 0) is 30.6 Å². The standard InChI is InChI=1S/C32H35F5N2O7S2/c1-3-47(41,42)20-29(21-7-15-28(16-8-21)48(43,44)4-2)38-30(40)22-5-11-24(12-6-22)39-18-27(17-25(39)19-45-31(33)34)46-26-13-9-23(10-14-26)32(35,36)37/h5-16,25,27,29,31H,3-4,17-20H2,1-2H3,(H,38,40)/t25-,27-,29-/m0/s1. The van der Waals surface area contributed by atoms with E-state index < -0.39 is 67.9 Å². The maximum atomic E-state index is 13.3. The van der Waals surface area contributed by atoms with Gasteiger partial charge in [-0.2, -0.15) is 22.0 Å². The Morgan fingerprint density at radius 2 is 1.54 bits per heavy atom. The first-order valence-corrected chi connectivity index (χ1v) is 18.4. The van der Waals surface area contributed by atoms with Crippen molar-refractivity contribution < 1.29 is 53.1 Å². The molecule has 0 aliphatic carbocycles. The summed E-state index contributed by atoms with van der Waals surface area (Å²) < 4.78 is 125. The first kappa shape index (κ1) is 37.1. The van der Waals surface area contributed by atoms with E-state index in [2.05, 4.69) is 10.1 Å². The van der Waals surface area contributed by atoms with Gasteiger partial charge in [0.1, 0.15) is 11.9 Å². The van der Waals surface area contributed by atoms with Crippen LogP contribution in [0.1, 0.15) is 47.8 Å². The van der Waals surface area contributed by atoms with E-state index in [0.717, 1.165) is 12.1 Å². The maximum absolute atomic E-state index is 13.3. The van der Waals surface area contributed by atoms with E-state index in [-0.39, 0.29) is 47.3 Å². The SMILES string of the molecule is CCS(=O)(=O)C[C@H](NC(=O)c1ccc(N2C[C@@H](Oc3ccc(C(F)(F)F)cc3)C[C@H]2COC(F)F)cc1)c1ccc(S(=O)(=O)CC)cc1. The van der Waals surface area contributed by atoms with E-state index >= 15 is 0 Å². The van der Waals surface area contributed by atoms with Gasteiger partial charge in [-0.15, -0.1) is 0 Å². The van der Waals surface area contributed by atoms with Crippen molar-refractivity contribution in [1.29, 1.82) is 0 Å². The van der Waals surface area contributed by atoms with E-state index in [9.17, 15) is 43.6 Å². The first-order valence-electron chi connectivity index (χ1n) is 15.0. The molecule has 1 aliphatic rings. The van der Waals surface area contributed by atoms with Gasteiger partial charge in [-0.3, -0.25) is 4.79 Å². The molecule has 0 saturated carbocycles. The zero-order chi connectivity index (χ0) is 35.3.